The quantitative estimate of drug-likeness (QED) is 0.298. The summed E-state index contributed by atoms with van der Waals surface area (Å²) in [6.07, 6.45) is 3.03. The normalized spacial score (nSPS) is 13.1. The average Bonchev–Trinajstić information content (AvgIpc) is 3.43. The van der Waals surface area contributed by atoms with E-state index in [2.05, 4.69) is 26.0 Å². The van der Waals surface area contributed by atoms with Crippen molar-refractivity contribution < 1.29 is 18.7 Å². The number of carbonyl (C=O) groups excluding carboxylic acids is 1. The minimum Gasteiger partial charge on any atom is -0.486 e. The molecule has 2 aromatic heterocycles. The Morgan fingerprint density at radius 1 is 1.13 bits per heavy atom. The fourth-order valence-corrected chi connectivity index (χ4v) is 4.42. The molecule has 0 fully saturated rings. The monoisotopic (exact) mass is 483 g/mol. The molecule has 1 aliphatic rings. The number of nitrogens with zero attached hydrogens (tertiary/aromatic N) is 3. The van der Waals surface area contributed by atoms with E-state index >= 15 is 0 Å². The van der Waals surface area contributed by atoms with Gasteiger partial charge in [0.2, 0.25) is 5.13 Å². The molecule has 30 heavy (non-hydrogen) atoms. The first-order valence-electron chi connectivity index (χ1n) is 9.05. The van der Waals surface area contributed by atoms with Crippen LogP contribution in [0.2, 0.25) is 0 Å². The van der Waals surface area contributed by atoms with Crippen molar-refractivity contribution in [1.29, 1.82) is 0 Å². The van der Waals surface area contributed by atoms with Gasteiger partial charge in [0.15, 0.2) is 11.5 Å². The Balaban J connectivity index is 1.55. The molecule has 4 aromatic rings. The maximum Gasteiger partial charge on any atom is 0.280 e. The summed E-state index contributed by atoms with van der Waals surface area (Å²) < 4.78 is 18.3. The lowest BCUT2D eigenvalue weighted by atomic mass is 10.2. The fourth-order valence-electron chi connectivity index (χ4n) is 2.94. The van der Waals surface area contributed by atoms with Crippen LogP contribution in [0.4, 0.5) is 5.13 Å². The molecule has 7 nitrogen and oxygen atoms in total. The van der Waals surface area contributed by atoms with Crippen LogP contribution < -0.4 is 14.5 Å². The Morgan fingerprint density at radius 3 is 2.83 bits per heavy atom. The molecule has 5 rings (SSSR count). The lowest BCUT2D eigenvalue weighted by molar-refractivity contribution is 0.0986. The van der Waals surface area contributed by atoms with Crippen molar-refractivity contribution in [3.63, 3.8) is 0 Å². The van der Waals surface area contributed by atoms with Crippen molar-refractivity contribution in [3.8, 4) is 11.5 Å². The van der Waals surface area contributed by atoms with Crippen LogP contribution in [0, 0.1) is 0 Å². The highest BCUT2D eigenvalue weighted by molar-refractivity contribution is 9.10. The van der Waals surface area contributed by atoms with E-state index in [4.69, 9.17) is 13.9 Å². The van der Waals surface area contributed by atoms with Crippen LogP contribution in [0.1, 0.15) is 16.1 Å². The van der Waals surface area contributed by atoms with Crippen LogP contribution in [0.5, 0.6) is 11.5 Å². The number of furan rings is 1. The number of hydrazone groups is 1. The number of ether oxygens (including phenoxy) is 2. The number of anilines is 1. The van der Waals surface area contributed by atoms with Crippen LogP contribution in [0.3, 0.4) is 0 Å². The van der Waals surface area contributed by atoms with Gasteiger partial charge < -0.3 is 13.9 Å². The van der Waals surface area contributed by atoms with Gasteiger partial charge >= 0.3 is 0 Å². The van der Waals surface area contributed by atoms with Crippen LogP contribution in [0.15, 0.2) is 68.8 Å². The number of fused-ring (bicyclic) bond motifs is 2. The Labute approximate surface area is 183 Å². The first-order chi connectivity index (χ1) is 14.7. The van der Waals surface area contributed by atoms with Gasteiger partial charge in [0.1, 0.15) is 19.0 Å². The van der Waals surface area contributed by atoms with E-state index in [1.807, 2.05) is 18.2 Å². The number of carbonyl (C=O) groups is 1. The Bertz CT molecular complexity index is 1250. The SMILES string of the molecule is O=C(c1ccc2c(c1)OCCO2)N(/N=C/c1ccco1)c1nc2ccc(Br)cc2s1. The molecule has 0 radical (unpaired) electrons. The highest BCUT2D eigenvalue weighted by atomic mass is 79.9. The number of halogens is 1. The number of benzene rings is 2. The lowest BCUT2D eigenvalue weighted by Crippen LogP contribution is -2.26. The second-order valence-corrected chi connectivity index (χ2v) is 8.27. The summed E-state index contributed by atoms with van der Waals surface area (Å²) in [5.41, 5.74) is 1.20. The highest BCUT2D eigenvalue weighted by Gasteiger charge is 2.23. The van der Waals surface area contributed by atoms with Gasteiger partial charge in [-0.15, -0.1) is 0 Å². The largest absolute Gasteiger partial charge is 0.486 e. The van der Waals surface area contributed by atoms with Crippen molar-refractivity contribution in [2.75, 3.05) is 18.2 Å². The van der Waals surface area contributed by atoms with Crippen LogP contribution >= 0.6 is 27.3 Å². The van der Waals surface area contributed by atoms with Crippen molar-refractivity contribution >= 4 is 54.7 Å². The van der Waals surface area contributed by atoms with Gasteiger partial charge in [-0.3, -0.25) is 4.79 Å². The summed E-state index contributed by atoms with van der Waals surface area (Å²) in [4.78, 5) is 18.0. The molecular weight excluding hydrogens is 470 g/mol. The summed E-state index contributed by atoms with van der Waals surface area (Å²) in [6.45, 7) is 0.929. The zero-order valence-electron chi connectivity index (χ0n) is 15.4. The van der Waals surface area contributed by atoms with Crippen molar-refractivity contribution in [2.24, 2.45) is 5.10 Å². The summed E-state index contributed by atoms with van der Waals surface area (Å²) in [7, 11) is 0. The van der Waals surface area contributed by atoms with Crippen LogP contribution in [-0.4, -0.2) is 30.3 Å². The molecule has 150 valence electrons. The van der Waals surface area contributed by atoms with E-state index in [1.165, 1.54) is 22.6 Å². The highest BCUT2D eigenvalue weighted by Crippen LogP contribution is 2.34. The Hall–Kier alpha value is -3.17. The van der Waals surface area contributed by atoms with E-state index in [0.29, 0.717) is 41.2 Å². The van der Waals surface area contributed by atoms with Crippen molar-refractivity contribution in [3.05, 3.63) is 70.6 Å². The first-order valence-corrected chi connectivity index (χ1v) is 10.7. The van der Waals surface area contributed by atoms with Gasteiger partial charge in [-0.25, -0.2) is 4.98 Å². The smallest absolute Gasteiger partial charge is 0.280 e. The standard InChI is InChI=1S/C21H14BrN3O4S/c22-14-4-5-16-19(11-14)30-21(24-16)25(23-12-15-2-1-7-27-15)20(26)13-3-6-17-18(10-13)29-9-8-28-17/h1-7,10-12H,8-9H2/b23-12+. The van der Waals surface area contributed by atoms with E-state index in [9.17, 15) is 4.79 Å². The third kappa shape index (κ3) is 3.69. The molecule has 3 heterocycles. The lowest BCUT2D eigenvalue weighted by Gasteiger charge is -2.19. The summed E-state index contributed by atoms with van der Waals surface area (Å²) in [5.74, 6) is 1.34. The minimum absolute atomic E-state index is 0.340. The molecule has 1 amide bonds. The summed E-state index contributed by atoms with van der Waals surface area (Å²) >= 11 is 4.84. The Morgan fingerprint density at radius 2 is 2.00 bits per heavy atom. The molecule has 0 spiro atoms. The van der Waals surface area contributed by atoms with Crippen molar-refractivity contribution in [2.45, 2.75) is 0 Å². The average molecular weight is 484 g/mol. The summed E-state index contributed by atoms with van der Waals surface area (Å²) in [5, 5.41) is 6.09. The van der Waals surface area contributed by atoms with E-state index in [1.54, 1.807) is 36.6 Å². The number of rotatable bonds is 4. The van der Waals surface area contributed by atoms with E-state index in [0.717, 1.165) is 14.7 Å². The second kappa shape index (κ2) is 7.92. The van der Waals surface area contributed by atoms with Gasteiger partial charge in [-0.2, -0.15) is 10.1 Å². The molecule has 0 unspecified atom stereocenters. The molecular formula is C21H14BrN3O4S. The maximum absolute atomic E-state index is 13.4. The van der Waals surface area contributed by atoms with E-state index < -0.39 is 0 Å². The minimum atomic E-state index is -0.340. The van der Waals surface area contributed by atoms with Gasteiger partial charge in [-0.1, -0.05) is 27.3 Å². The molecule has 9 heteroatoms. The number of amides is 1. The van der Waals surface area contributed by atoms with Gasteiger partial charge in [0, 0.05) is 10.0 Å². The Kier molecular flexibility index (Phi) is 4.97. The van der Waals surface area contributed by atoms with Gasteiger partial charge in [-0.05, 0) is 48.5 Å². The van der Waals surface area contributed by atoms with Crippen LogP contribution in [0.25, 0.3) is 10.2 Å². The predicted octanol–water partition coefficient (Wildman–Crippen LogP) is 5.10. The molecule has 0 saturated carbocycles. The second-order valence-electron chi connectivity index (χ2n) is 6.34. The number of hydrogen-bond acceptors (Lipinski definition) is 7. The number of thiazole rings is 1. The van der Waals surface area contributed by atoms with Crippen molar-refractivity contribution in [1.82, 2.24) is 4.98 Å². The number of hydrogen-bond donors (Lipinski definition) is 0. The first kappa shape index (κ1) is 18.8. The fraction of sp³-hybridized carbons (Fsp3) is 0.0952. The number of aromatic nitrogens is 1. The summed E-state index contributed by atoms with van der Waals surface area (Å²) in [6, 6.07) is 14.3. The third-order valence-electron chi connectivity index (χ3n) is 4.35. The molecule has 1 aliphatic heterocycles. The maximum atomic E-state index is 13.4. The zero-order valence-corrected chi connectivity index (χ0v) is 17.9. The predicted molar refractivity (Wildman–Crippen MR) is 118 cm³/mol. The molecule has 0 atom stereocenters. The zero-order chi connectivity index (χ0) is 20.5. The van der Waals surface area contributed by atoms with Crippen LogP contribution in [-0.2, 0) is 0 Å². The third-order valence-corrected chi connectivity index (χ3v) is 5.83. The van der Waals surface area contributed by atoms with E-state index in [-0.39, 0.29) is 5.91 Å². The molecule has 0 aliphatic carbocycles. The molecule has 0 saturated heterocycles. The van der Waals surface area contributed by atoms with Gasteiger partial charge in [0.25, 0.3) is 5.91 Å². The molecule has 0 bridgehead atoms. The van der Waals surface area contributed by atoms with Gasteiger partial charge in [0.05, 0.1) is 22.7 Å². The molecule has 2 aromatic carbocycles. The molecule has 0 N–H and O–H groups in total. The topological polar surface area (TPSA) is 77.2 Å².